The second kappa shape index (κ2) is 5.85. The van der Waals surface area contributed by atoms with Crippen LogP contribution in [-0.4, -0.2) is 0 Å². The molecule has 0 heterocycles. The van der Waals surface area contributed by atoms with Crippen LogP contribution in [0.25, 0.3) is 0 Å². The topological polar surface area (TPSA) is 12.0 Å². The number of hydrogen-bond acceptors (Lipinski definition) is 1. The lowest BCUT2D eigenvalue weighted by Crippen LogP contribution is -2.08. The molecule has 2 aromatic carbocycles. The van der Waals surface area contributed by atoms with E-state index in [-0.39, 0.29) is 11.9 Å². The monoisotopic (exact) mass is 371 g/mol. The fraction of sp³-hybridized carbons (Fsp3) is 0.143. The summed E-state index contributed by atoms with van der Waals surface area (Å²) in [4.78, 5) is 0. The predicted octanol–water partition coefficient (Wildman–Crippen LogP) is 5.52. The smallest absolute Gasteiger partial charge is 0.129 e. The number of halogens is 3. The quantitative estimate of drug-likeness (QED) is 0.747. The molecule has 0 aliphatic carbocycles. The van der Waals surface area contributed by atoms with Crippen molar-refractivity contribution in [1.82, 2.24) is 0 Å². The molecule has 0 spiro atoms. The van der Waals surface area contributed by atoms with Gasteiger partial charge in [-0.2, -0.15) is 0 Å². The molecule has 0 saturated heterocycles. The Kier molecular flexibility index (Phi) is 4.40. The molecule has 0 amide bonds. The zero-order valence-corrected chi connectivity index (χ0v) is 12.9. The Morgan fingerprint density at radius 3 is 2.44 bits per heavy atom. The van der Waals surface area contributed by atoms with Crippen molar-refractivity contribution in [1.29, 1.82) is 0 Å². The minimum absolute atomic E-state index is 0.0904. The van der Waals surface area contributed by atoms with Crippen LogP contribution in [0.4, 0.5) is 10.1 Å². The number of hydrogen-bond donors (Lipinski definition) is 1. The van der Waals surface area contributed by atoms with E-state index < -0.39 is 0 Å². The Morgan fingerprint density at radius 1 is 1.06 bits per heavy atom. The number of benzene rings is 2. The number of rotatable bonds is 3. The highest BCUT2D eigenvalue weighted by Crippen LogP contribution is 2.25. The average molecular weight is 373 g/mol. The Balaban J connectivity index is 2.19. The van der Waals surface area contributed by atoms with Crippen molar-refractivity contribution in [3.63, 3.8) is 0 Å². The van der Waals surface area contributed by atoms with Gasteiger partial charge in [0, 0.05) is 20.2 Å². The summed E-state index contributed by atoms with van der Waals surface area (Å²) in [5.74, 6) is -0.209. The lowest BCUT2D eigenvalue weighted by Gasteiger charge is -2.16. The molecular weight excluding hydrogens is 361 g/mol. The molecule has 4 heteroatoms. The second-order valence-corrected chi connectivity index (χ2v) is 5.87. The predicted molar refractivity (Wildman–Crippen MR) is 80.3 cm³/mol. The van der Waals surface area contributed by atoms with E-state index >= 15 is 0 Å². The molecule has 1 nitrogen and oxygen atoms in total. The van der Waals surface area contributed by atoms with E-state index in [2.05, 4.69) is 37.2 Å². The van der Waals surface area contributed by atoms with Crippen LogP contribution < -0.4 is 5.32 Å². The van der Waals surface area contributed by atoms with E-state index in [4.69, 9.17) is 0 Å². The first-order valence-electron chi connectivity index (χ1n) is 5.53. The van der Waals surface area contributed by atoms with Gasteiger partial charge in [0.15, 0.2) is 0 Å². The van der Waals surface area contributed by atoms with Crippen molar-refractivity contribution in [2.24, 2.45) is 0 Å². The van der Waals surface area contributed by atoms with Gasteiger partial charge in [-0.1, -0.05) is 44.0 Å². The van der Waals surface area contributed by atoms with Gasteiger partial charge in [-0.25, -0.2) is 4.39 Å². The summed E-state index contributed by atoms with van der Waals surface area (Å²) in [6.45, 7) is 1.94. The molecule has 0 radical (unpaired) electrons. The summed E-state index contributed by atoms with van der Waals surface area (Å²) >= 11 is 6.67. The van der Waals surface area contributed by atoms with E-state index in [1.54, 1.807) is 6.07 Å². The van der Waals surface area contributed by atoms with Crippen LogP contribution in [0.15, 0.2) is 51.4 Å². The number of nitrogens with one attached hydrogen (secondary N) is 1. The van der Waals surface area contributed by atoms with E-state index in [9.17, 15) is 4.39 Å². The standard InChI is InChI=1S/C14H12Br2FN/c1-9(13-6-5-11(16)8-14(13)17)18-12-4-2-3-10(15)7-12/h2-9,18H,1H3. The van der Waals surface area contributed by atoms with Gasteiger partial charge in [-0.15, -0.1) is 0 Å². The molecule has 18 heavy (non-hydrogen) atoms. The van der Waals surface area contributed by atoms with Crippen LogP contribution in [0, 0.1) is 5.82 Å². The molecule has 0 saturated carbocycles. The van der Waals surface area contributed by atoms with Crippen molar-refractivity contribution in [3.8, 4) is 0 Å². The van der Waals surface area contributed by atoms with Gasteiger partial charge in [-0.3, -0.25) is 0 Å². The first kappa shape index (κ1) is 13.6. The maximum absolute atomic E-state index is 13.8. The molecule has 0 aliphatic rings. The molecule has 1 N–H and O–H groups in total. The average Bonchev–Trinajstić information content (AvgIpc) is 2.28. The summed E-state index contributed by atoms with van der Waals surface area (Å²) < 4.78 is 15.5. The summed E-state index contributed by atoms with van der Waals surface area (Å²) in [6.07, 6.45) is 0. The zero-order chi connectivity index (χ0) is 13.1. The van der Waals surface area contributed by atoms with Crippen molar-refractivity contribution in [2.45, 2.75) is 13.0 Å². The summed E-state index contributed by atoms with van der Waals surface area (Å²) in [5, 5.41) is 3.27. The van der Waals surface area contributed by atoms with Gasteiger partial charge in [0.05, 0.1) is 6.04 Å². The summed E-state index contributed by atoms with van der Waals surface area (Å²) in [6, 6.07) is 12.8. The Morgan fingerprint density at radius 2 is 1.78 bits per heavy atom. The highest BCUT2D eigenvalue weighted by molar-refractivity contribution is 9.10. The third-order valence-electron chi connectivity index (χ3n) is 2.64. The fourth-order valence-corrected chi connectivity index (χ4v) is 2.49. The van der Waals surface area contributed by atoms with E-state index in [1.807, 2.05) is 37.3 Å². The maximum Gasteiger partial charge on any atom is 0.129 e. The third kappa shape index (κ3) is 3.33. The van der Waals surface area contributed by atoms with Crippen molar-refractivity contribution in [3.05, 3.63) is 62.8 Å². The van der Waals surface area contributed by atoms with Gasteiger partial charge in [0.2, 0.25) is 0 Å². The number of anilines is 1. The molecule has 2 aromatic rings. The second-order valence-electron chi connectivity index (χ2n) is 4.04. The van der Waals surface area contributed by atoms with Crippen LogP contribution in [0.5, 0.6) is 0 Å². The molecule has 2 rings (SSSR count). The molecular formula is C14H12Br2FN. The Bertz CT molecular complexity index is 557. The SMILES string of the molecule is CC(Nc1cccc(Br)c1)c1ccc(Br)cc1F. The van der Waals surface area contributed by atoms with Crippen LogP contribution >= 0.6 is 31.9 Å². The normalized spacial score (nSPS) is 12.2. The first-order valence-corrected chi connectivity index (χ1v) is 7.12. The van der Waals surface area contributed by atoms with Crippen LogP contribution in [0.1, 0.15) is 18.5 Å². The van der Waals surface area contributed by atoms with Gasteiger partial charge in [0.1, 0.15) is 5.82 Å². The molecule has 0 aliphatic heterocycles. The highest BCUT2D eigenvalue weighted by Gasteiger charge is 2.11. The van der Waals surface area contributed by atoms with Gasteiger partial charge < -0.3 is 5.32 Å². The van der Waals surface area contributed by atoms with Crippen molar-refractivity contribution < 1.29 is 4.39 Å². The molecule has 0 bridgehead atoms. The molecule has 94 valence electrons. The van der Waals surface area contributed by atoms with E-state index in [0.29, 0.717) is 5.56 Å². The minimum atomic E-state index is -0.209. The van der Waals surface area contributed by atoms with Crippen LogP contribution in [0.2, 0.25) is 0 Å². The lowest BCUT2D eigenvalue weighted by atomic mass is 10.1. The Labute approximate surface area is 123 Å². The van der Waals surface area contributed by atoms with Crippen molar-refractivity contribution in [2.75, 3.05) is 5.32 Å². The minimum Gasteiger partial charge on any atom is -0.378 e. The largest absolute Gasteiger partial charge is 0.378 e. The van der Waals surface area contributed by atoms with E-state index in [1.165, 1.54) is 6.07 Å². The third-order valence-corrected chi connectivity index (χ3v) is 3.62. The summed E-state index contributed by atoms with van der Waals surface area (Å²) in [7, 11) is 0. The Hall–Kier alpha value is -0.870. The summed E-state index contributed by atoms with van der Waals surface area (Å²) in [5.41, 5.74) is 1.61. The fourth-order valence-electron chi connectivity index (χ4n) is 1.76. The van der Waals surface area contributed by atoms with E-state index in [0.717, 1.165) is 14.6 Å². The van der Waals surface area contributed by atoms with Crippen LogP contribution in [0.3, 0.4) is 0 Å². The van der Waals surface area contributed by atoms with Crippen molar-refractivity contribution >= 4 is 37.5 Å². The van der Waals surface area contributed by atoms with Gasteiger partial charge >= 0.3 is 0 Å². The molecule has 0 fully saturated rings. The first-order chi connectivity index (χ1) is 8.56. The molecule has 1 atom stereocenters. The lowest BCUT2D eigenvalue weighted by molar-refractivity contribution is 0.599. The zero-order valence-electron chi connectivity index (χ0n) is 9.75. The van der Waals surface area contributed by atoms with Gasteiger partial charge in [0.25, 0.3) is 0 Å². The maximum atomic E-state index is 13.8. The van der Waals surface area contributed by atoms with Crippen LogP contribution in [-0.2, 0) is 0 Å². The molecule has 0 aromatic heterocycles. The van der Waals surface area contributed by atoms with Gasteiger partial charge in [-0.05, 0) is 37.3 Å². The highest BCUT2D eigenvalue weighted by atomic mass is 79.9. The molecule has 1 unspecified atom stereocenters.